The average Bonchev–Trinajstić information content (AvgIpc) is 3.13. The number of hydrogen-bond acceptors (Lipinski definition) is 4. The van der Waals surface area contributed by atoms with Gasteiger partial charge in [-0.2, -0.15) is 5.10 Å². The molecule has 0 saturated carbocycles. The molecule has 0 saturated heterocycles. The van der Waals surface area contributed by atoms with E-state index in [2.05, 4.69) is 80.1 Å². The third kappa shape index (κ3) is 3.65. The quantitative estimate of drug-likeness (QED) is 0.711. The van der Waals surface area contributed by atoms with E-state index in [0.29, 0.717) is 17.5 Å². The Morgan fingerprint density at radius 3 is 1.84 bits per heavy atom. The van der Waals surface area contributed by atoms with Crippen LogP contribution in [0.1, 0.15) is 58.4 Å². The highest BCUT2D eigenvalue weighted by molar-refractivity contribution is 5.59. The van der Waals surface area contributed by atoms with Crippen molar-refractivity contribution < 1.29 is 4.42 Å². The SMILES string of the molecule is Cc1cc(-c2nnc(-c3cc(C(C)(C)C)cc(C(C)(C)C)c3)o2)n[nH]1. The van der Waals surface area contributed by atoms with E-state index in [4.69, 9.17) is 4.42 Å². The molecule has 0 spiro atoms. The Kier molecular flexibility index (Phi) is 4.06. The molecule has 0 radical (unpaired) electrons. The minimum atomic E-state index is 0.0398. The average molecular weight is 338 g/mol. The van der Waals surface area contributed by atoms with E-state index in [0.717, 1.165) is 11.3 Å². The van der Waals surface area contributed by atoms with Gasteiger partial charge in [-0.05, 0) is 47.1 Å². The second kappa shape index (κ2) is 5.83. The highest BCUT2D eigenvalue weighted by Gasteiger charge is 2.22. The molecule has 1 N–H and O–H groups in total. The summed E-state index contributed by atoms with van der Waals surface area (Å²) in [5.41, 5.74) is 5.16. The standard InChI is InChI=1S/C20H26N4O/c1-12-8-16(22-21-12)18-24-23-17(25-18)13-9-14(19(2,3)4)11-15(10-13)20(5,6)7/h8-11H,1-7H3,(H,21,22). The van der Waals surface area contributed by atoms with Gasteiger partial charge in [-0.25, -0.2) is 0 Å². The largest absolute Gasteiger partial charge is 0.415 e. The van der Waals surface area contributed by atoms with Crippen molar-refractivity contribution in [3.8, 4) is 23.0 Å². The number of benzene rings is 1. The summed E-state index contributed by atoms with van der Waals surface area (Å²) in [5.74, 6) is 0.949. The van der Waals surface area contributed by atoms with Gasteiger partial charge in [-0.3, -0.25) is 5.10 Å². The van der Waals surface area contributed by atoms with E-state index in [1.54, 1.807) is 0 Å². The molecular weight excluding hydrogens is 312 g/mol. The number of aromatic amines is 1. The molecule has 0 bridgehead atoms. The van der Waals surface area contributed by atoms with Crippen LogP contribution >= 0.6 is 0 Å². The molecule has 0 aliphatic carbocycles. The Bertz CT molecular complexity index is 859. The minimum Gasteiger partial charge on any atom is -0.415 e. The molecule has 1 aromatic carbocycles. The van der Waals surface area contributed by atoms with Crippen LogP contribution in [0.5, 0.6) is 0 Å². The Labute approximate surface area is 148 Å². The molecule has 0 aliphatic rings. The fourth-order valence-electron chi connectivity index (χ4n) is 2.59. The first-order valence-corrected chi connectivity index (χ1v) is 8.56. The summed E-state index contributed by atoms with van der Waals surface area (Å²) >= 11 is 0. The number of hydrogen-bond donors (Lipinski definition) is 1. The maximum Gasteiger partial charge on any atom is 0.268 e. The van der Waals surface area contributed by atoms with Crippen molar-refractivity contribution >= 4 is 0 Å². The zero-order chi connectivity index (χ0) is 18.4. The molecule has 0 amide bonds. The van der Waals surface area contributed by atoms with Gasteiger partial charge in [0.2, 0.25) is 5.89 Å². The Morgan fingerprint density at radius 1 is 0.800 bits per heavy atom. The van der Waals surface area contributed by atoms with Gasteiger partial charge in [0.1, 0.15) is 5.69 Å². The third-order valence-corrected chi connectivity index (χ3v) is 4.26. The molecule has 0 atom stereocenters. The lowest BCUT2D eigenvalue weighted by Gasteiger charge is -2.25. The van der Waals surface area contributed by atoms with E-state index in [9.17, 15) is 0 Å². The summed E-state index contributed by atoms with van der Waals surface area (Å²) in [6.07, 6.45) is 0. The van der Waals surface area contributed by atoms with Gasteiger partial charge in [0.15, 0.2) is 0 Å². The van der Waals surface area contributed by atoms with Crippen molar-refractivity contribution in [3.05, 3.63) is 41.1 Å². The number of aryl methyl sites for hydroxylation is 1. The van der Waals surface area contributed by atoms with Crippen molar-refractivity contribution in [2.24, 2.45) is 0 Å². The van der Waals surface area contributed by atoms with Crippen molar-refractivity contribution in [2.45, 2.75) is 59.3 Å². The summed E-state index contributed by atoms with van der Waals surface area (Å²) in [6, 6.07) is 8.45. The van der Waals surface area contributed by atoms with Crippen molar-refractivity contribution in [1.82, 2.24) is 20.4 Å². The van der Waals surface area contributed by atoms with Crippen LogP contribution in [0.25, 0.3) is 23.0 Å². The molecular formula is C20H26N4O. The van der Waals surface area contributed by atoms with Gasteiger partial charge in [-0.15, -0.1) is 10.2 Å². The molecule has 2 heterocycles. The zero-order valence-corrected chi connectivity index (χ0v) is 16.1. The second-order valence-electron chi connectivity index (χ2n) is 8.65. The maximum atomic E-state index is 5.90. The van der Waals surface area contributed by atoms with E-state index in [1.165, 1.54) is 11.1 Å². The monoisotopic (exact) mass is 338 g/mol. The molecule has 0 aliphatic heterocycles. The van der Waals surface area contributed by atoms with Crippen LogP contribution in [0.3, 0.4) is 0 Å². The van der Waals surface area contributed by atoms with Crippen molar-refractivity contribution in [1.29, 1.82) is 0 Å². The molecule has 25 heavy (non-hydrogen) atoms. The molecule has 3 aromatic rings. The number of H-pyrrole nitrogens is 1. The predicted molar refractivity (Wildman–Crippen MR) is 99.5 cm³/mol. The lowest BCUT2D eigenvalue weighted by atomic mass is 9.79. The van der Waals surface area contributed by atoms with Gasteiger partial charge in [0, 0.05) is 11.3 Å². The smallest absolute Gasteiger partial charge is 0.268 e. The lowest BCUT2D eigenvalue weighted by Crippen LogP contribution is -2.16. The molecule has 5 heteroatoms. The van der Waals surface area contributed by atoms with E-state index in [-0.39, 0.29) is 10.8 Å². The summed E-state index contributed by atoms with van der Waals surface area (Å²) in [6.45, 7) is 15.2. The normalized spacial score (nSPS) is 12.6. The van der Waals surface area contributed by atoms with Crippen LogP contribution < -0.4 is 0 Å². The predicted octanol–water partition coefficient (Wildman–Crippen LogP) is 5.03. The Morgan fingerprint density at radius 2 is 1.36 bits per heavy atom. The van der Waals surface area contributed by atoms with E-state index in [1.807, 2.05) is 13.0 Å². The summed E-state index contributed by atoms with van der Waals surface area (Å²) in [4.78, 5) is 0. The molecule has 132 valence electrons. The zero-order valence-electron chi connectivity index (χ0n) is 16.1. The molecule has 2 aromatic heterocycles. The third-order valence-electron chi connectivity index (χ3n) is 4.26. The molecule has 3 rings (SSSR count). The van der Waals surface area contributed by atoms with Crippen LogP contribution in [-0.4, -0.2) is 20.4 Å². The second-order valence-corrected chi connectivity index (χ2v) is 8.65. The topological polar surface area (TPSA) is 67.6 Å². The molecule has 0 fully saturated rings. The molecule has 0 unspecified atom stereocenters. The summed E-state index contributed by atoms with van der Waals surface area (Å²) in [7, 11) is 0. The van der Waals surface area contributed by atoms with Gasteiger partial charge in [0.05, 0.1) is 0 Å². The first-order valence-electron chi connectivity index (χ1n) is 8.56. The number of nitrogens with zero attached hydrogens (tertiary/aromatic N) is 3. The van der Waals surface area contributed by atoms with Crippen molar-refractivity contribution in [2.75, 3.05) is 0 Å². The highest BCUT2D eigenvalue weighted by Crippen LogP contribution is 2.34. The summed E-state index contributed by atoms with van der Waals surface area (Å²) in [5, 5.41) is 15.5. The fourth-order valence-corrected chi connectivity index (χ4v) is 2.59. The van der Waals surface area contributed by atoms with Crippen molar-refractivity contribution in [3.63, 3.8) is 0 Å². The van der Waals surface area contributed by atoms with Crippen LogP contribution in [0.15, 0.2) is 28.7 Å². The van der Waals surface area contributed by atoms with Crippen LogP contribution in [0.2, 0.25) is 0 Å². The van der Waals surface area contributed by atoms with Crippen LogP contribution in [0.4, 0.5) is 0 Å². The first kappa shape index (κ1) is 17.4. The van der Waals surface area contributed by atoms with Gasteiger partial charge in [-0.1, -0.05) is 47.6 Å². The van der Waals surface area contributed by atoms with Crippen LogP contribution in [0, 0.1) is 6.92 Å². The Balaban J connectivity index is 2.09. The van der Waals surface area contributed by atoms with Gasteiger partial charge >= 0.3 is 0 Å². The number of nitrogens with one attached hydrogen (secondary N) is 1. The van der Waals surface area contributed by atoms with Gasteiger partial charge in [0.25, 0.3) is 5.89 Å². The van der Waals surface area contributed by atoms with E-state index < -0.39 is 0 Å². The number of rotatable bonds is 2. The number of aromatic nitrogens is 4. The highest BCUT2D eigenvalue weighted by atomic mass is 16.4. The minimum absolute atomic E-state index is 0.0398. The fraction of sp³-hybridized carbons (Fsp3) is 0.450. The maximum absolute atomic E-state index is 5.90. The molecule has 5 nitrogen and oxygen atoms in total. The van der Waals surface area contributed by atoms with Gasteiger partial charge < -0.3 is 4.42 Å². The summed E-state index contributed by atoms with van der Waals surface area (Å²) < 4.78 is 5.90. The van der Waals surface area contributed by atoms with E-state index >= 15 is 0 Å². The Hall–Kier alpha value is -2.43. The van der Waals surface area contributed by atoms with Crippen LogP contribution in [-0.2, 0) is 10.8 Å². The first-order chi connectivity index (χ1) is 11.5. The lowest BCUT2D eigenvalue weighted by molar-refractivity contribution is 0.564.